The average molecular weight is 547 g/mol. The van der Waals surface area contributed by atoms with Crippen LogP contribution in [-0.2, 0) is 20.9 Å². The summed E-state index contributed by atoms with van der Waals surface area (Å²) in [5.74, 6) is -1.97. The molecular formula is C28H30N6O6. The molecule has 5 rings (SSSR count). The van der Waals surface area contributed by atoms with Crippen LogP contribution in [0.15, 0.2) is 60.9 Å². The van der Waals surface area contributed by atoms with E-state index >= 15 is 0 Å². The van der Waals surface area contributed by atoms with Gasteiger partial charge in [-0.25, -0.2) is 19.6 Å². The maximum Gasteiger partial charge on any atom is 0.328 e. The second kappa shape index (κ2) is 13.3. The molecule has 0 saturated heterocycles. The molecule has 1 saturated carbocycles. The van der Waals surface area contributed by atoms with Crippen molar-refractivity contribution in [2.24, 2.45) is 5.92 Å². The van der Waals surface area contributed by atoms with Gasteiger partial charge in [0, 0.05) is 60.2 Å². The van der Waals surface area contributed by atoms with Crippen molar-refractivity contribution in [2.75, 3.05) is 12.4 Å². The summed E-state index contributed by atoms with van der Waals surface area (Å²) in [6.07, 6.45) is 8.26. The van der Waals surface area contributed by atoms with Gasteiger partial charge in [-0.15, -0.1) is 0 Å². The van der Waals surface area contributed by atoms with Crippen LogP contribution in [0.25, 0.3) is 22.1 Å². The molecule has 0 radical (unpaired) electrons. The summed E-state index contributed by atoms with van der Waals surface area (Å²) in [5, 5.41) is 23.4. The van der Waals surface area contributed by atoms with E-state index in [-0.39, 0.29) is 11.8 Å². The summed E-state index contributed by atoms with van der Waals surface area (Å²) in [6.45, 7) is 0.772. The molecule has 208 valence electrons. The van der Waals surface area contributed by atoms with E-state index in [1.807, 2.05) is 12.1 Å². The van der Waals surface area contributed by atoms with Gasteiger partial charge in [0.15, 0.2) is 0 Å². The lowest BCUT2D eigenvalue weighted by atomic mass is 9.85. The van der Waals surface area contributed by atoms with E-state index in [1.165, 1.54) is 0 Å². The van der Waals surface area contributed by atoms with E-state index in [2.05, 4.69) is 42.7 Å². The molecule has 1 amide bonds. The third-order valence-corrected chi connectivity index (χ3v) is 6.52. The predicted octanol–water partition coefficient (Wildman–Crippen LogP) is 3.51. The fourth-order valence-corrected chi connectivity index (χ4v) is 4.52. The second-order valence-corrected chi connectivity index (χ2v) is 9.24. The number of anilines is 1. The molecule has 1 aliphatic carbocycles. The minimum Gasteiger partial charge on any atom is -0.481 e. The number of aromatic nitrogens is 4. The molecule has 4 heterocycles. The van der Waals surface area contributed by atoms with E-state index in [1.54, 1.807) is 31.6 Å². The number of aliphatic carboxylic acids is 2. The molecule has 0 aromatic carbocycles. The van der Waals surface area contributed by atoms with Gasteiger partial charge in [-0.1, -0.05) is 0 Å². The summed E-state index contributed by atoms with van der Waals surface area (Å²) in [6, 6.07) is 11.9. The Balaban J connectivity index is 0.000000406. The number of carbonyl (C=O) groups is 3. The first-order valence-electron chi connectivity index (χ1n) is 12.7. The largest absolute Gasteiger partial charge is 0.481 e. The SMILES string of the molecule is COc1ccc2nccc(NC(=O)C3CCC(NCc4cc5cccnc5[nH]4)CC3)c2n1.O=C(O)/C=C/C(=O)O. The van der Waals surface area contributed by atoms with Gasteiger partial charge < -0.3 is 30.6 Å². The number of carboxylic acids is 2. The van der Waals surface area contributed by atoms with Gasteiger partial charge in [-0.05, 0) is 56.0 Å². The van der Waals surface area contributed by atoms with Crippen LogP contribution < -0.4 is 15.4 Å². The number of hydrogen-bond donors (Lipinski definition) is 5. The highest BCUT2D eigenvalue weighted by Crippen LogP contribution is 2.28. The Morgan fingerprint density at radius 1 is 1.02 bits per heavy atom. The Kier molecular flexibility index (Phi) is 9.36. The summed E-state index contributed by atoms with van der Waals surface area (Å²) in [5.41, 5.74) is 4.09. The van der Waals surface area contributed by atoms with Crippen LogP contribution in [0.5, 0.6) is 5.88 Å². The van der Waals surface area contributed by atoms with Crippen molar-refractivity contribution < 1.29 is 29.3 Å². The topological polar surface area (TPSA) is 179 Å². The number of carbonyl (C=O) groups excluding carboxylic acids is 1. The number of rotatable bonds is 8. The molecule has 0 spiro atoms. The van der Waals surface area contributed by atoms with Crippen LogP contribution in [0.3, 0.4) is 0 Å². The van der Waals surface area contributed by atoms with E-state index in [9.17, 15) is 14.4 Å². The number of nitrogens with one attached hydrogen (secondary N) is 3. The Morgan fingerprint density at radius 3 is 2.45 bits per heavy atom. The lowest BCUT2D eigenvalue weighted by Gasteiger charge is -2.28. The summed E-state index contributed by atoms with van der Waals surface area (Å²) < 4.78 is 5.22. The molecule has 0 atom stereocenters. The van der Waals surface area contributed by atoms with Gasteiger partial charge >= 0.3 is 11.9 Å². The number of fused-ring (bicyclic) bond motifs is 2. The molecular weight excluding hydrogens is 516 g/mol. The van der Waals surface area contributed by atoms with E-state index in [0.29, 0.717) is 35.3 Å². The zero-order chi connectivity index (χ0) is 28.5. The third kappa shape index (κ3) is 7.60. The molecule has 12 heteroatoms. The highest BCUT2D eigenvalue weighted by molar-refractivity contribution is 6.00. The average Bonchev–Trinajstić information content (AvgIpc) is 3.39. The maximum atomic E-state index is 12.9. The van der Waals surface area contributed by atoms with Crippen molar-refractivity contribution >= 4 is 45.6 Å². The standard InChI is InChI=1S/C24H26N6O2.C4H4O4/c1-32-21-9-8-19-22(30-21)20(10-12-25-19)29-24(31)15-4-6-17(7-5-15)27-14-18-13-16-3-2-11-26-23(16)28-18;5-3(6)1-2-4(7)8/h2-3,8-13,15,17,27H,4-7,14H2,1H3,(H,26,28)(H,25,29,31);1-2H,(H,5,6)(H,7,8)/b;2-1+. The molecule has 1 fully saturated rings. The Labute approximate surface area is 229 Å². The van der Waals surface area contributed by atoms with Crippen LogP contribution in [-0.4, -0.2) is 61.1 Å². The Morgan fingerprint density at radius 2 is 1.77 bits per heavy atom. The van der Waals surface area contributed by atoms with Crippen molar-refractivity contribution in [3.8, 4) is 5.88 Å². The number of hydrogen-bond acceptors (Lipinski definition) is 8. The Bertz CT molecular complexity index is 1480. The molecule has 12 nitrogen and oxygen atoms in total. The number of nitrogens with zero attached hydrogens (tertiary/aromatic N) is 3. The molecule has 40 heavy (non-hydrogen) atoms. The van der Waals surface area contributed by atoms with Gasteiger partial charge in [0.25, 0.3) is 0 Å². The van der Waals surface area contributed by atoms with Crippen LogP contribution in [0.4, 0.5) is 5.69 Å². The first kappa shape index (κ1) is 28.2. The summed E-state index contributed by atoms with van der Waals surface area (Å²) in [4.78, 5) is 48.5. The zero-order valence-corrected chi connectivity index (χ0v) is 21.8. The minimum atomic E-state index is -1.26. The van der Waals surface area contributed by atoms with E-state index in [4.69, 9.17) is 14.9 Å². The first-order valence-corrected chi connectivity index (χ1v) is 12.7. The molecule has 4 aromatic heterocycles. The monoisotopic (exact) mass is 546 g/mol. The number of amides is 1. The summed E-state index contributed by atoms with van der Waals surface area (Å²) in [7, 11) is 1.57. The number of H-pyrrole nitrogens is 1. The van der Waals surface area contributed by atoms with Gasteiger partial charge in [-0.2, -0.15) is 0 Å². The lowest BCUT2D eigenvalue weighted by Crippen LogP contribution is -2.36. The molecule has 0 aliphatic heterocycles. The maximum absolute atomic E-state index is 12.9. The van der Waals surface area contributed by atoms with Gasteiger partial charge in [0.1, 0.15) is 11.2 Å². The number of methoxy groups -OCH3 is 1. The third-order valence-electron chi connectivity index (χ3n) is 6.52. The van der Waals surface area contributed by atoms with Crippen LogP contribution in [0.1, 0.15) is 31.4 Å². The first-order chi connectivity index (χ1) is 19.3. The van der Waals surface area contributed by atoms with E-state index < -0.39 is 11.9 Å². The van der Waals surface area contributed by atoms with Crippen LogP contribution >= 0.6 is 0 Å². The minimum absolute atomic E-state index is 0.000788. The number of carboxylic acid groups (broad SMARTS) is 2. The molecule has 1 aliphatic rings. The van der Waals surface area contributed by atoms with Crippen molar-refractivity contribution in [1.29, 1.82) is 0 Å². The van der Waals surface area contributed by atoms with Gasteiger partial charge in [-0.3, -0.25) is 9.78 Å². The number of pyridine rings is 3. The van der Waals surface area contributed by atoms with Crippen LogP contribution in [0, 0.1) is 5.92 Å². The quantitative estimate of drug-likeness (QED) is 0.205. The second-order valence-electron chi connectivity index (χ2n) is 9.24. The molecule has 0 unspecified atom stereocenters. The molecule has 0 bridgehead atoms. The van der Waals surface area contributed by atoms with Crippen LogP contribution in [0.2, 0.25) is 0 Å². The number of ether oxygens (including phenoxy) is 1. The zero-order valence-electron chi connectivity index (χ0n) is 21.8. The van der Waals surface area contributed by atoms with Gasteiger partial charge in [0.2, 0.25) is 11.8 Å². The molecule has 4 aromatic rings. The lowest BCUT2D eigenvalue weighted by molar-refractivity contribution is -0.134. The molecule has 5 N–H and O–H groups in total. The van der Waals surface area contributed by atoms with Crippen molar-refractivity contribution in [1.82, 2.24) is 25.3 Å². The van der Waals surface area contributed by atoms with Gasteiger partial charge in [0.05, 0.1) is 18.3 Å². The predicted molar refractivity (Wildman–Crippen MR) is 148 cm³/mol. The van der Waals surface area contributed by atoms with Crippen molar-refractivity contribution in [3.05, 3.63) is 66.6 Å². The smallest absolute Gasteiger partial charge is 0.328 e. The van der Waals surface area contributed by atoms with E-state index in [0.717, 1.165) is 54.5 Å². The Hall–Kier alpha value is -4.84. The highest BCUT2D eigenvalue weighted by atomic mass is 16.5. The highest BCUT2D eigenvalue weighted by Gasteiger charge is 2.26. The number of aromatic amines is 1. The van der Waals surface area contributed by atoms with Crippen molar-refractivity contribution in [2.45, 2.75) is 38.3 Å². The fraction of sp³-hybridized carbons (Fsp3) is 0.286. The fourth-order valence-electron chi connectivity index (χ4n) is 4.52. The van der Waals surface area contributed by atoms with Crippen molar-refractivity contribution in [3.63, 3.8) is 0 Å². The normalized spacial score (nSPS) is 16.8. The summed E-state index contributed by atoms with van der Waals surface area (Å²) >= 11 is 0.